The molecule has 0 atom stereocenters. The van der Waals surface area contributed by atoms with Crippen molar-refractivity contribution in [1.29, 1.82) is 0 Å². The van der Waals surface area contributed by atoms with Crippen LogP contribution in [0.1, 0.15) is 49.2 Å². The summed E-state index contributed by atoms with van der Waals surface area (Å²) in [5, 5.41) is 9.75. The van der Waals surface area contributed by atoms with Crippen molar-refractivity contribution in [2.75, 3.05) is 6.54 Å². The molecule has 0 fully saturated rings. The minimum atomic E-state index is -1.07. The summed E-state index contributed by atoms with van der Waals surface area (Å²) in [6.07, 6.45) is 3.51. The molecule has 0 aliphatic rings. The van der Waals surface area contributed by atoms with Gasteiger partial charge in [0.05, 0.1) is 0 Å². The first kappa shape index (κ1) is 19.7. The van der Waals surface area contributed by atoms with Crippen LogP contribution in [-0.2, 0) is 6.54 Å². The fraction of sp³-hybridized carbons (Fsp3) is 0.364. The molecule has 1 amide bonds. The summed E-state index contributed by atoms with van der Waals surface area (Å²) in [7, 11) is 0. The van der Waals surface area contributed by atoms with Crippen molar-refractivity contribution in [1.82, 2.24) is 9.88 Å². The first-order chi connectivity index (χ1) is 12.2. The molecule has 0 saturated heterocycles. The Morgan fingerprint density at radius 1 is 1.27 bits per heavy atom. The molecule has 0 spiro atoms. The van der Waals surface area contributed by atoms with Gasteiger partial charge in [-0.2, -0.15) is 0 Å². The number of benzene rings is 1. The third-order valence-electron chi connectivity index (χ3n) is 3.59. The predicted molar refractivity (Wildman–Crippen MR) is 103 cm³/mol. The third kappa shape index (κ3) is 6.34. The Labute approximate surface area is 155 Å². The Morgan fingerprint density at radius 2 is 2.04 bits per heavy atom. The molecule has 0 radical (unpaired) electrons. The number of hydrogen-bond donors (Lipinski definition) is 1. The summed E-state index contributed by atoms with van der Waals surface area (Å²) < 4.78 is 0. The summed E-state index contributed by atoms with van der Waals surface area (Å²) >= 11 is 0. The van der Waals surface area contributed by atoms with E-state index in [-0.39, 0.29) is 5.91 Å². The molecule has 136 valence electrons. The molecule has 4 nitrogen and oxygen atoms in total. The molecule has 26 heavy (non-hydrogen) atoms. The molecule has 0 saturated carbocycles. The molecule has 1 aromatic carbocycles. The van der Waals surface area contributed by atoms with Crippen molar-refractivity contribution in [3.63, 3.8) is 0 Å². The summed E-state index contributed by atoms with van der Waals surface area (Å²) in [6, 6.07) is 11.1. The van der Waals surface area contributed by atoms with E-state index in [9.17, 15) is 9.90 Å². The molecule has 2 aromatic rings. The molecule has 0 aliphatic heterocycles. The van der Waals surface area contributed by atoms with Crippen LogP contribution in [0.5, 0.6) is 0 Å². The fourth-order valence-corrected chi connectivity index (χ4v) is 2.51. The van der Waals surface area contributed by atoms with Crippen LogP contribution in [0.25, 0.3) is 0 Å². The number of carbonyl (C=O) groups excluding carboxylic acids is 1. The molecule has 1 aromatic heterocycles. The summed E-state index contributed by atoms with van der Waals surface area (Å²) in [5.74, 6) is 6.03. The predicted octanol–water partition coefficient (Wildman–Crippen LogP) is 3.50. The first-order valence-electron chi connectivity index (χ1n) is 8.78. The smallest absolute Gasteiger partial charge is 0.254 e. The number of amides is 1. The van der Waals surface area contributed by atoms with Crippen LogP contribution in [0.4, 0.5) is 0 Å². The maximum atomic E-state index is 13.0. The van der Waals surface area contributed by atoms with Crippen LogP contribution in [0, 0.1) is 17.8 Å². The Hall–Kier alpha value is -2.64. The van der Waals surface area contributed by atoms with E-state index >= 15 is 0 Å². The average molecular weight is 350 g/mol. The molecular formula is C22H26N2O2. The molecule has 0 aliphatic carbocycles. The van der Waals surface area contributed by atoms with Crippen molar-refractivity contribution in [3.05, 3.63) is 65.5 Å². The monoisotopic (exact) mass is 350 g/mol. The number of pyridine rings is 1. The van der Waals surface area contributed by atoms with Crippen molar-refractivity contribution < 1.29 is 9.90 Å². The highest BCUT2D eigenvalue weighted by Gasteiger charge is 2.18. The van der Waals surface area contributed by atoms with E-state index in [0.717, 1.165) is 5.56 Å². The van der Waals surface area contributed by atoms with Gasteiger partial charge in [0, 0.05) is 36.6 Å². The van der Waals surface area contributed by atoms with Crippen LogP contribution in [-0.4, -0.2) is 33.0 Å². The van der Waals surface area contributed by atoms with Gasteiger partial charge in [0.1, 0.15) is 5.60 Å². The topological polar surface area (TPSA) is 53.4 Å². The van der Waals surface area contributed by atoms with E-state index in [2.05, 4.69) is 30.7 Å². The zero-order valence-electron chi connectivity index (χ0n) is 15.9. The maximum Gasteiger partial charge on any atom is 0.254 e. The highest BCUT2D eigenvalue weighted by Crippen LogP contribution is 2.13. The van der Waals surface area contributed by atoms with Gasteiger partial charge in [0.25, 0.3) is 5.91 Å². The second-order valence-corrected chi connectivity index (χ2v) is 7.33. The summed E-state index contributed by atoms with van der Waals surface area (Å²) in [6.45, 7) is 8.63. The van der Waals surface area contributed by atoms with Gasteiger partial charge in [-0.15, -0.1) is 0 Å². The van der Waals surface area contributed by atoms with Gasteiger partial charge in [0.15, 0.2) is 0 Å². The van der Waals surface area contributed by atoms with Gasteiger partial charge in [-0.1, -0.05) is 37.8 Å². The summed E-state index contributed by atoms with van der Waals surface area (Å²) in [5.41, 5.74) is 1.24. The zero-order valence-corrected chi connectivity index (χ0v) is 15.9. The van der Waals surface area contributed by atoms with Crippen molar-refractivity contribution in [3.8, 4) is 11.8 Å². The van der Waals surface area contributed by atoms with Crippen LogP contribution in [0.2, 0.25) is 0 Å². The number of hydrogen-bond acceptors (Lipinski definition) is 3. The molecular weight excluding hydrogens is 324 g/mol. The zero-order chi connectivity index (χ0) is 19.2. The number of aromatic nitrogens is 1. The Kier molecular flexibility index (Phi) is 6.54. The second kappa shape index (κ2) is 8.64. The Balaban J connectivity index is 2.25. The van der Waals surface area contributed by atoms with E-state index in [4.69, 9.17) is 0 Å². The third-order valence-corrected chi connectivity index (χ3v) is 3.59. The average Bonchev–Trinajstić information content (AvgIpc) is 2.59. The lowest BCUT2D eigenvalue weighted by Gasteiger charge is -2.25. The minimum absolute atomic E-state index is 0.0329. The number of nitrogens with zero attached hydrogens (tertiary/aromatic N) is 2. The normalized spacial score (nSPS) is 11.0. The molecule has 1 N–H and O–H groups in total. The lowest BCUT2D eigenvalue weighted by molar-refractivity contribution is 0.0722. The van der Waals surface area contributed by atoms with Crippen molar-refractivity contribution in [2.24, 2.45) is 5.92 Å². The maximum absolute atomic E-state index is 13.0. The second-order valence-electron chi connectivity index (χ2n) is 7.33. The van der Waals surface area contributed by atoms with E-state index in [1.807, 2.05) is 29.2 Å². The standard InChI is InChI=1S/C22H26N2O2/c1-17(2)15-24(16-19-8-6-12-23-14-19)21(25)20-9-5-7-18(13-20)10-11-22(3,4)26/h5-9,12-14,17,26H,15-16H2,1-4H3. The Morgan fingerprint density at radius 3 is 2.65 bits per heavy atom. The highest BCUT2D eigenvalue weighted by atomic mass is 16.3. The van der Waals surface area contributed by atoms with E-state index in [1.165, 1.54) is 0 Å². The molecule has 0 bridgehead atoms. The van der Waals surface area contributed by atoms with E-state index in [0.29, 0.717) is 30.1 Å². The largest absolute Gasteiger partial charge is 0.378 e. The van der Waals surface area contributed by atoms with Gasteiger partial charge in [-0.05, 0) is 49.6 Å². The van der Waals surface area contributed by atoms with Crippen molar-refractivity contribution >= 4 is 5.91 Å². The van der Waals surface area contributed by atoms with Gasteiger partial charge in [0.2, 0.25) is 0 Å². The SMILES string of the molecule is CC(C)CN(Cc1cccnc1)C(=O)c1cccc(C#CC(C)(C)O)c1. The Bertz CT molecular complexity index is 796. The first-order valence-corrected chi connectivity index (χ1v) is 8.78. The number of carbonyl (C=O) groups is 1. The number of rotatable bonds is 5. The molecule has 4 heteroatoms. The van der Waals surface area contributed by atoms with Crippen LogP contribution in [0.3, 0.4) is 0 Å². The quantitative estimate of drug-likeness (QED) is 0.840. The van der Waals surface area contributed by atoms with Crippen LogP contribution < -0.4 is 0 Å². The van der Waals surface area contributed by atoms with Crippen LogP contribution >= 0.6 is 0 Å². The van der Waals surface area contributed by atoms with Gasteiger partial charge in [-0.25, -0.2) is 0 Å². The molecule has 2 rings (SSSR count). The van der Waals surface area contributed by atoms with Gasteiger partial charge in [-0.3, -0.25) is 9.78 Å². The van der Waals surface area contributed by atoms with E-state index < -0.39 is 5.60 Å². The highest BCUT2D eigenvalue weighted by molar-refractivity contribution is 5.94. The minimum Gasteiger partial charge on any atom is -0.378 e. The fourth-order valence-electron chi connectivity index (χ4n) is 2.51. The lowest BCUT2D eigenvalue weighted by Crippen LogP contribution is -2.33. The summed E-state index contributed by atoms with van der Waals surface area (Å²) in [4.78, 5) is 19.0. The van der Waals surface area contributed by atoms with Crippen molar-refractivity contribution in [2.45, 2.75) is 39.8 Å². The van der Waals surface area contributed by atoms with E-state index in [1.54, 1.807) is 38.4 Å². The number of aliphatic hydroxyl groups is 1. The van der Waals surface area contributed by atoms with Gasteiger partial charge >= 0.3 is 0 Å². The van der Waals surface area contributed by atoms with Crippen LogP contribution in [0.15, 0.2) is 48.8 Å². The molecule has 1 heterocycles. The molecule has 0 unspecified atom stereocenters. The van der Waals surface area contributed by atoms with Gasteiger partial charge < -0.3 is 10.0 Å². The lowest BCUT2D eigenvalue weighted by atomic mass is 10.1.